The largest absolute Gasteiger partial charge is 0.349 e. The lowest BCUT2D eigenvalue weighted by Crippen LogP contribution is -1.69. The van der Waals surface area contributed by atoms with Crippen LogP contribution in [0.15, 0.2) is 22.7 Å². The molecule has 62 valence electrons. The molecule has 0 amide bonds. The maximum Gasteiger partial charge on any atom is 0.0918 e. The van der Waals surface area contributed by atoms with Gasteiger partial charge in [0.2, 0.25) is 0 Å². The number of H-pyrrole nitrogens is 1. The van der Waals surface area contributed by atoms with Crippen molar-refractivity contribution < 1.29 is 0 Å². The molecule has 0 fully saturated rings. The Hall–Kier alpha value is 0.700. The van der Waals surface area contributed by atoms with Gasteiger partial charge in [-0.2, -0.15) is 0 Å². The van der Waals surface area contributed by atoms with Gasteiger partial charge in [-0.3, -0.25) is 0 Å². The van der Waals surface area contributed by atoms with E-state index in [9.17, 15) is 0 Å². The zero-order valence-corrected chi connectivity index (χ0v) is 11.8. The molecule has 2 rings (SSSR count). The second kappa shape index (κ2) is 3.45. The van der Waals surface area contributed by atoms with Crippen molar-refractivity contribution in [3.05, 3.63) is 29.9 Å². The van der Waals surface area contributed by atoms with Gasteiger partial charge >= 0.3 is 0 Å². The Morgan fingerprint density at radius 3 is 2.75 bits per heavy atom. The lowest BCUT2D eigenvalue weighted by Gasteiger charge is -1.90. The zero-order valence-electron chi connectivity index (χ0n) is 5.87. The molecule has 1 aromatic heterocycles. The molecule has 0 aliphatic heterocycles. The van der Waals surface area contributed by atoms with Crippen molar-refractivity contribution in [2.75, 3.05) is 0 Å². The fourth-order valence-electron chi connectivity index (χ4n) is 1.10. The number of benzene rings is 1. The summed E-state index contributed by atoms with van der Waals surface area (Å²) < 4.78 is 3.63. The Morgan fingerprint density at radius 1 is 1.25 bits per heavy atom. The maximum absolute atomic E-state index is 3.46. The SMILES string of the molecule is Brc1ccc2[nH]c(I)c(I)c2c1. The first-order chi connectivity index (χ1) is 5.68. The highest BCUT2D eigenvalue weighted by Gasteiger charge is 2.05. The highest BCUT2D eigenvalue weighted by atomic mass is 127. The standard InChI is InChI=1S/C8H4BrI2N/c9-4-1-2-6-5(3-4)7(10)8(11)12-6/h1-3,12H. The third-order valence-corrected chi connectivity index (χ3v) is 5.11. The van der Waals surface area contributed by atoms with Gasteiger partial charge in [0.05, 0.1) is 7.27 Å². The van der Waals surface area contributed by atoms with Gasteiger partial charge in [0.25, 0.3) is 0 Å². The molecule has 1 aromatic carbocycles. The third-order valence-electron chi connectivity index (χ3n) is 1.66. The molecular formula is C8H4BrI2N. The monoisotopic (exact) mass is 447 g/mol. The van der Waals surface area contributed by atoms with Crippen LogP contribution in [0.4, 0.5) is 0 Å². The average Bonchev–Trinajstić information content (AvgIpc) is 2.31. The van der Waals surface area contributed by atoms with Crippen LogP contribution in [0, 0.1) is 7.27 Å². The first kappa shape index (κ1) is 9.26. The van der Waals surface area contributed by atoms with E-state index in [1.165, 1.54) is 18.2 Å². The molecule has 12 heavy (non-hydrogen) atoms. The molecular weight excluding hydrogens is 444 g/mol. The first-order valence-electron chi connectivity index (χ1n) is 3.30. The summed E-state index contributed by atoms with van der Waals surface area (Å²) in [5.74, 6) is 0. The van der Waals surface area contributed by atoms with Crippen LogP contribution in [0.5, 0.6) is 0 Å². The molecule has 2 aromatic rings. The Bertz CT molecular complexity index is 436. The van der Waals surface area contributed by atoms with Gasteiger partial charge in [0, 0.05) is 15.4 Å². The molecule has 0 spiro atoms. The minimum absolute atomic E-state index is 1.13. The summed E-state index contributed by atoms with van der Waals surface area (Å²) in [6.45, 7) is 0. The molecule has 0 bridgehead atoms. The molecule has 0 unspecified atom stereocenters. The van der Waals surface area contributed by atoms with E-state index in [4.69, 9.17) is 0 Å². The second-order valence-electron chi connectivity index (χ2n) is 2.44. The lowest BCUT2D eigenvalue weighted by molar-refractivity contribution is 1.39. The molecule has 0 aliphatic rings. The quantitative estimate of drug-likeness (QED) is 0.584. The number of aromatic amines is 1. The van der Waals surface area contributed by atoms with Crippen LogP contribution in [-0.2, 0) is 0 Å². The topological polar surface area (TPSA) is 15.8 Å². The van der Waals surface area contributed by atoms with Gasteiger partial charge < -0.3 is 4.98 Å². The van der Waals surface area contributed by atoms with Crippen molar-refractivity contribution in [2.45, 2.75) is 0 Å². The van der Waals surface area contributed by atoms with E-state index >= 15 is 0 Å². The number of nitrogens with one attached hydrogen (secondary N) is 1. The Labute approximate surface area is 106 Å². The Balaban J connectivity index is 2.88. The van der Waals surface area contributed by atoms with E-state index in [0.717, 1.165) is 4.47 Å². The lowest BCUT2D eigenvalue weighted by atomic mass is 10.3. The van der Waals surface area contributed by atoms with Crippen molar-refractivity contribution in [3.63, 3.8) is 0 Å². The first-order valence-corrected chi connectivity index (χ1v) is 6.26. The summed E-state index contributed by atoms with van der Waals surface area (Å²) in [6, 6.07) is 6.27. The number of halogens is 3. The maximum atomic E-state index is 3.46. The zero-order chi connectivity index (χ0) is 8.72. The summed E-state index contributed by atoms with van der Waals surface area (Å²) in [4.78, 5) is 3.31. The van der Waals surface area contributed by atoms with Gasteiger partial charge in [-0.25, -0.2) is 0 Å². The van der Waals surface area contributed by atoms with Crippen molar-refractivity contribution in [1.29, 1.82) is 0 Å². The summed E-state index contributed by atoms with van der Waals surface area (Å²) >= 11 is 8.12. The highest BCUT2D eigenvalue weighted by molar-refractivity contribution is 14.1. The van der Waals surface area contributed by atoms with Crippen LogP contribution in [0.25, 0.3) is 10.9 Å². The van der Waals surface area contributed by atoms with Gasteiger partial charge in [-0.1, -0.05) is 15.9 Å². The number of rotatable bonds is 0. The van der Waals surface area contributed by atoms with E-state index in [-0.39, 0.29) is 0 Å². The molecule has 1 heterocycles. The molecule has 1 nitrogen and oxygen atoms in total. The fraction of sp³-hybridized carbons (Fsp3) is 0. The summed E-state index contributed by atoms with van der Waals surface area (Å²) in [7, 11) is 0. The average molecular weight is 448 g/mol. The van der Waals surface area contributed by atoms with Crippen LogP contribution < -0.4 is 0 Å². The van der Waals surface area contributed by atoms with Crippen molar-refractivity contribution in [3.8, 4) is 0 Å². The van der Waals surface area contributed by atoms with Crippen molar-refractivity contribution in [2.24, 2.45) is 0 Å². The van der Waals surface area contributed by atoms with Gasteiger partial charge in [-0.15, -0.1) is 0 Å². The van der Waals surface area contributed by atoms with E-state index in [2.05, 4.69) is 78.2 Å². The predicted molar refractivity (Wildman–Crippen MR) is 71.4 cm³/mol. The van der Waals surface area contributed by atoms with Crippen molar-refractivity contribution in [1.82, 2.24) is 4.98 Å². The molecule has 4 heteroatoms. The molecule has 0 aliphatic carbocycles. The van der Waals surface area contributed by atoms with Crippen LogP contribution in [0.1, 0.15) is 0 Å². The third kappa shape index (κ3) is 1.52. The van der Waals surface area contributed by atoms with Gasteiger partial charge in [-0.05, 0) is 63.4 Å². The number of hydrogen-bond acceptors (Lipinski definition) is 0. The number of hydrogen-bond donors (Lipinski definition) is 1. The van der Waals surface area contributed by atoms with E-state index in [0.29, 0.717) is 0 Å². The summed E-state index contributed by atoms with van der Waals surface area (Å²) in [5.41, 5.74) is 1.20. The van der Waals surface area contributed by atoms with E-state index < -0.39 is 0 Å². The summed E-state index contributed by atoms with van der Waals surface area (Å²) in [6.07, 6.45) is 0. The Kier molecular flexibility index (Phi) is 2.66. The van der Waals surface area contributed by atoms with Crippen LogP contribution >= 0.6 is 61.1 Å². The van der Waals surface area contributed by atoms with Gasteiger partial charge in [0.15, 0.2) is 0 Å². The fourth-order valence-corrected chi connectivity index (χ4v) is 2.62. The van der Waals surface area contributed by atoms with E-state index in [1.54, 1.807) is 0 Å². The molecule has 0 atom stereocenters. The second-order valence-corrected chi connectivity index (χ2v) is 5.52. The predicted octanol–water partition coefficient (Wildman–Crippen LogP) is 4.14. The minimum atomic E-state index is 1.13. The number of fused-ring (bicyclic) bond motifs is 1. The van der Waals surface area contributed by atoms with Crippen LogP contribution in [-0.4, -0.2) is 4.98 Å². The van der Waals surface area contributed by atoms with Crippen LogP contribution in [0.3, 0.4) is 0 Å². The molecule has 0 radical (unpaired) electrons. The molecule has 0 saturated carbocycles. The smallest absolute Gasteiger partial charge is 0.0918 e. The van der Waals surface area contributed by atoms with E-state index in [1.807, 2.05) is 6.07 Å². The van der Waals surface area contributed by atoms with Gasteiger partial charge in [0.1, 0.15) is 0 Å². The Morgan fingerprint density at radius 2 is 2.00 bits per heavy atom. The van der Waals surface area contributed by atoms with Crippen LogP contribution in [0.2, 0.25) is 0 Å². The summed E-state index contributed by atoms with van der Waals surface area (Å²) in [5, 5.41) is 1.29. The normalized spacial score (nSPS) is 10.9. The molecule has 1 N–H and O–H groups in total. The van der Waals surface area contributed by atoms with Crippen molar-refractivity contribution >= 4 is 72.0 Å². The molecule has 0 saturated heterocycles. The number of aromatic nitrogens is 1. The highest BCUT2D eigenvalue weighted by Crippen LogP contribution is 2.27. The minimum Gasteiger partial charge on any atom is -0.349 e.